The van der Waals surface area contributed by atoms with Crippen molar-refractivity contribution in [1.29, 1.82) is 0 Å². The molecule has 194 valence electrons. The maximum atomic E-state index is 13.1. The molecule has 4 rings (SSSR count). The monoisotopic (exact) mass is 514 g/mol. The Hall–Kier alpha value is -4.19. The minimum Gasteiger partial charge on any atom is -0.394 e. The maximum absolute atomic E-state index is 13.1. The number of rotatable bonds is 7. The van der Waals surface area contributed by atoms with E-state index in [0.29, 0.717) is 32.1 Å². The van der Waals surface area contributed by atoms with Crippen LogP contribution in [-0.2, 0) is 11.0 Å². The third-order valence-electron chi connectivity index (χ3n) is 5.85. The standard InChI is InChI=1S/C25H25F3N6O3/c26-25(27,28)17-5-3-6-18(15-17)31-20-8-2-1-7-19(20)22(36)32-21(16-35)23(37)33-11-13-34(14-12-33)24-29-9-4-10-30-24/h1-10,15,21,31,35H,11-14,16H2,(H,32,36)/t21-/m0/s1. The van der Waals surface area contributed by atoms with Crippen LogP contribution in [0.15, 0.2) is 67.0 Å². The Kier molecular flexibility index (Phi) is 7.87. The molecule has 0 bridgehead atoms. The van der Waals surface area contributed by atoms with Crippen molar-refractivity contribution in [1.82, 2.24) is 20.2 Å². The lowest BCUT2D eigenvalue weighted by Gasteiger charge is -2.36. The van der Waals surface area contributed by atoms with Gasteiger partial charge in [-0.15, -0.1) is 0 Å². The predicted molar refractivity (Wildman–Crippen MR) is 130 cm³/mol. The zero-order valence-electron chi connectivity index (χ0n) is 19.7. The fourth-order valence-electron chi connectivity index (χ4n) is 3.94. The number of para-hydroxylation sites is 1. The molecule has 0 aliphatic carbocycles. The molecule has 1 aliphatic heterocycles. The summed E-state index contributed by atoms with van der Waals surface area (Å²) in [6, 6.07) is 11.4. The highest BCUT2D eigenvalue weighted by molar-refractivity contribution is 6.02. The van der Waals surface area contributed by atoms with E-state index < -0.39 is 36.2 Å². The summed E-state index contributed by atoms with van der Waals surface area (Å²) >= 11 is 0. The fourth-order valence-corrected chi connectivity index (χ4v) is 3.94. The van der Waals surface area contributed by atoms with Gasteiger partial charge >= 0.3 is 6.18 Å². The summed E-state index contributed by atoms with van der Waals surface area (Å²) in [5.74, 6) is -0.530. The van der Waals surface area contributed by atoms with Crippen LogP contribution < -0.4 is 15.5 Å². The number of amides is 2. The average Bonchev–Trinajstić information content (AvgIpc) is 2.92. The fraction of sp³-hybridized carbons (Fsp3) is 0.280. The minimum absolute atomic E-state index is 0.109. The molecule has 0 radical (unpaired) electrons. The van der Waals surface area contributed by atoms with E-state index in [9.17, 15) is 27.9 Å². The van der Waals surface area contributed by atoms with Gasteiger partial charge in [-0.3, -0.25) is 9.59 Å². The molecule has 1 atom stereocenters. The highest BCUT2D eigenvalue weighted by Crippen LogP contribution is 2.32. The number of carbonyl (C=O) groups is 2. The molecule has 12 heteroatoms. The molecule has 3 aromatic rings. The highest BCUT2D eigenvalue weighted by atomic mass is 19.4. The van der Waals surface area contributed by atoms with Crippen molar-refractivity contribution in [2.75, 3.05) is 43.0 Å². The molecule has 3 N–H and O–H groups in total. The predicted octanol–water partition coefficient (Wildman–Crippen LogP) is 2.68. The summed E-state index contributed by atoms with van der Waals surface area (Å²) in [7, 11) is 0. The topological polar surface area (TPSA) is 111 Å². The van der Waals surface area contributed by atoms with Crippen LogP contribution in [0.5, 0.6) is 0 Å². The van der Waals surface area contributed by atoms with Gasteiger partial charge in [-0.1, -0.05) is 18.2 Å². The summed E-state index contributed by atoms with van der Waals surface area (Å²) in [5.41, 5.74) is -0.327. The van der Waals surface area contributed by atoms with Crippen molar-refractivity contribution in [3.63, 3.8) is 0 Å². The summed E-state index contributed by atoms with van der Waals surface area (Å²) in [6.07, 6.45) is -1.24. The first kappa shape index (κ1) is 25.9. The third-order valence-corrected chi connectivity index (χ3v) is 5.85. The molecule has 0 spiro atoms. The number of anilines is 3. The van der Waals surface area contributed by atoms with Crippen molar-refractivity contribution >= 4 is 29.1 Å². The molecule has 9 nitrogen and oxygen atoms in total. The van der Waals surface area contributed by atoms with E-state index in [1.165, 1.54) is 24.3 Å². The molecule has 2 aromatic carbocycles. The summed E-state index contributed by atoms with van der Waals surface area (Å²) < 4.78 is 39.2. The number of halogens is 3. The minimum atomic E-state index is -4.51. The molecule has 0 saturated carbocycles. The third kappa shape index (κ3) is 6.33. The second kappa shape index (κ2) is 11.2. The van der Waals surface area contributed by atoms with E-state index in [2.05, 4.69) is 20.6 Å². The Morgan fingerprint density at radius 1 is 0.973 bits per heavy atom. The van der Waals surface area contributed by atoms with Gasteiger partial charge in [-0.2, -0.15) is 13.2 Å². The van der Waals surface area contributed by atoms with Crippen LogP contribution in [0.1, 0.15) is 15.9 Å². The van der Waals surface area contributed by atoms with Crippen molar-refractivity contribution in [2.24, 2.45) is 0 Å². The Labute approximate surface area is 210 Å². The SMILES string of the molecule is O=C(N[C@@H](CO)C(=O)N1CCN(c2ncccn2)CC1)c1ccccc1Nc1cccc(C(F)(F)F)c1. The van der Waals surface area contributed by atoms with E-state index in [4.69, 9.17) is 0 Å². The van der Waals surface area contributed by atoms with Crippen LogP contribution >= 0.6 is 0 Å². The van der Waals surface area contributed by atoms with Crippen LogP contribution in [0.2, 0.25) is 0 Å². The molecule has 1 saturated heterocycles. The van der Waals surface area contributed by atoms with E-state index in [-0.39, 0.29) is 16.9 Å². The number of aliphatic hydroxyl groups is 1. The molecular formula is C25H25F3N6O3. The van der Waals surface area contributed by atoms with Crippen LogP contribution in [0.4, 0.5) is 30.5 Å². The Balaban J connectivity index is 1.41. The van der Waals surface area contributed by atoms with Crippen molar-refractivity contribution in [2.45, 2.75) is 12.2 Å². The van der Waals surface area contributed by atoms with E-state index in [0.717, 1.165) is 12.1 Å². The number of alkyl halides is 3. The number of benzene rings is 2. The quantitative estimate of drug-likeness (QED) is 0.445. The normalized spacial score (nSPS) is 14.7. The van der Waals surface area contributed by atoms with Crippen molar-refractivity contribution in [3.8, 4) is 0 Å². The lowest BCUT2D eigenvalue weighted by Crippen LogP contribution is -2.56. The molecule has 1 fully saturated rings. The van der Waals surface area contributed by atoms with Gasteiger partial charge < -0.3 is 25.5 Å². The van der Waals surface area contributed by atoms with Gasteiger partial charge in [0.15, 0.2) is 0 Å². The first-order valence-corrected chi connectivity index (χ1v) is 11.5. The van der Waals surface area contributed by atoms with Crippen molar-refractivity contribution < 1.29 is 27.9 Å². The van der Waals surface area contributed by atoms with Gasteiger partial charge in [0.05, 0.1) is 23.4 Å². The first-order valence-electron chi connectivity index (χ1n) is 11.5. The van der Waals surface area contributed by atoms with Gasteiger partial charge in [0.2, 0.25) is 11.9 Å². The van der Waals surface area contributed by atoms with Gasteiger partial charge in [0.1, 0.15) is 6.04 Å². The Bertz CT molecular complexity index is 1230. The number of nitrogens with zero attached hydrogens (tertiary/aromatic N) is 4. The first-order chi connectivity index (χ1) is 17.8. The molecular weight excluding hydrogens is 489 g/mol. The van der Waals surface area contributed by atoms with Crippen LogP contribution in [-0.4, -0.2) is 70.6 Å². The number of carbonyl (C=O) groups excluding carboxylic acids is 2. The number of nitrogens with one attached hydrogen (secondary N) is 2. The molecule has 0 unspecified atom stereocenters. The van der Waals surface area contributed by atoms with Gasteiger partial charge in [0.25, 0.3) is 5.91 Å². The van der Waals surface area contributed by atoms with E-state index in [1.807, 2.05) is 4.90 Å². The smallest absolute Gasteiger partial charge is 0.394 e. The van der Waals surface area contributed by atoms with Crippen LogP contribution in [0.25, 0.3) is 0 Å². The Morgan fingerprint density at radius 2 is 1.68 bits per heavy atom. The zero-order valence-corrected chi connectivity index (χ0v) is 19.7. The molecule has 2 heterocycles. The largest absolute Gasteiger partial charge is 0.416 e. The molecule has 1 aromatic heterocycles. The number of aliphatic hydroxyl groups excluding tert-OH is 1. The molecule has 37 heavy (non-hydrogen) atoms. The zero-order chi connectivity index (χ0) is 26.4. The summed E-state index contributed by atoms with van der Waals surface area (Å²) in [5, 5.41) is 15.2. The Morgan fingerprint density at radius 3 is 2.35 bits per heavy atom. The van der Waals surface area contributed by atoms with Gasteiger partial charge in [-0.05, 0) is 36.4 Å². The number of hydrogen-bond donors (Lipinski definition) is 3. The highest BCUT2D eigenvalue weighted by Gasteiger charge is 2.31. The van der Waals surface area contributed by atoms with Gasteiger partial charge in [0, 0.05) is 44.3 Å². The second-order valence-corrected chi connectivity index (χ2v) is 8.32. The number of aromatic nitrogens is 2. The number of piperazine rings is 1. The lowest BCUT2D eigenvalue weighted by molar-refractivity contribution is -0.137. The van der Waals surface area contributed by atoms with Crippen LogP contribution in [0.3, 0.4) is 0 Å². The second-order valence-electron chi connectivity index (χ2n) is 8.32. The lowest BCUT2D eigenvalue weighted by atomic mass is 10.1. The van der Waals surface area contributed by atoms with Crippen molar-refractivity contribution in [3.05, 3.63) is 78.1 Å². The van der Waals surface area contributed by atoms with Crippen LogP contribution in [0, 0.1) is 0 Å². The maximum Gasteiger partial charge on any atom is 0.416 e. The summed E-state index contributed by atoms with van der Waals surface area (Å²) in [4.78, 5) is 38.0. The van der Waals surface area contributed by atoms with E-state index in [1.54, 1.807) is 35.5 Å². The van der Waals surface area contributed by atoms with E-state index >= 15 is 0 Å². The number of hydrogen-bond acceptors (Lipinski definition) is 7. The summed E-state index contributed by atoms with van der Waals surface area (Å²) in [6.45, 7) is 1.08. The van der Waals surface area contributed by atoms with Gasteiger partial charge in [-0.25, -0.2) is 9.97 Å². The average molecular weight is 515 g/mol. The molecule has 1 aliphatic rings. The molecule has 2 amide bonds.